The number of nitrogens with zero attached hydrogens (tertiary/aromatic N) is 1. The molecule has 3 aliphatic heterocycles. The molecule has 4 heteroatoms. The lowest BCUT2D eigenvalue weighted by atomic mass is 9.76. The second-order valence-corrected chi connectivity index (χ2v) is 6.50. The quantitative estimate of drug-likeness (QED) is 0.796. The fourth-order valence-electron chi connectivity index (χ4n) is 3.95. The van der Waals surface area contributed by atoms with E-state index in [4.69, 9.17) is 4.74 Å². The third-order valence-corrected chi connectivity index (χ3v) is 5.36. The van der Waals surface area contributed by atoms with E-state index in [9.17, 15) is 5.11 Å². The van der Waals surface area contributed by atoms with Crippen molar-refractivity contribution in [1.29, 1.82) is 0 Å². The Balaban J connectivity index is 1.96. The van der Waals surface area contributed by atoms with Crippen molar-refractivity contribution in [2.45, 2.75) is 25.5 Å². The highest BCUT2D eigenvalue weighted by Crippen LogP contribution is 2.44. The molecule has 1 aromatic carbocycles. The van der Waals surface area contributed by atoms with Crippen molar-refractivity contribution in [2.75, 3.05) is 20.2 Å². The third-order valence-electron chi connectivity index (χ3n) is 5.36. The van der Waals surface area contributed by atoms with Gasteiger partial charge in [0.2, 0.25) is 0 Å². The number of fused-ring (bicyclic) bond motifs is 3. The Morgan fingerprint density at radius 2 is 2.22 bits per heavy atom. The number of aromatic amines is 1. The van der Waals surface area contributed by atoms with Crippen molar-refractivity contribution in [1.82, 2.24) is 9.88 Å². The number of H-pyrrole nitrogens is 1. The molecule has 2 aromatic rings. The minimum absolute atomic E-state index is 0.698. The largest absolute Gasteiger partial charge is 0.497 e. The molecule has 4 heterocycles. The van der Waals surface area contributed by atoms with Crippen molar-refractivity contribution in [3.05, 3.63) is 47.7 Å². The van der Waals surface area contributed by atoms with Crippen LogP contribution in [0.15, 0.2) is 36.4 Å². The molecule has 0 spiro atoms. The van der Waals surface area contributed by atoms with Crippen LogP contribution in [0.25, 0.3) is 16.5 Å². The van der Waals surface area contributed by atoms with Crippen LogP contribution in [0.3, 0.4) is 0 Å². The van der Waals surface area contributed by atoms with Gasteiger partial charge in [-0.2, -0.15) is 0 Å². The summed E-state index contributed by atoms with van der Waals surface area (Å²) in [6.07, 6.45) is 2.73. The zero-order valence-corrected chi connectivity index (χ0v) is 13.6. The van der Waals surface area contributed by atoms with Crippen LogP contribution in [-0.4, -0.2) is 40.8 Å². The molecule has 0 aliphatic carbocycles. The number of nitrogens with one attached hydrogen (secondary N) is 1. The Morgan fingerprint density at radius 1 is 1.39 bits per heavy atom. The first-order valence-corrected chi connectivity index (χ1v) is 8.05. The minimum atomic E-state index is -0.939. The predicted molar refractivity (Wildman–Crippen MR) is 92.5 cm³/mol. The molecule has 1 aromatic heterocycles. The van der Waals surface area contributed by atoms with Crippen molar-refractivity contribution in [3.63, 3.8) is 0 Å². The van der Waals surface area contributed by atoms with Gasteiger partial charge in [0.1, 0.15) is 11.4 Å². The molecule has 1 fully saturated rings. The maximum atomic E-state index is 11.3. The second-order valence-electron chi connectivity index (χ2n) is 6.50. The maximum absolute atomic E-state index is 11.3. The monoisotopic (exact) mass is 310 g/mol. The van der Waals surface area contributed by atoms with Gasteiger partial charge in [0.05, 0.1) is 7.11 Å². The Hall–Kier alpha value is -2.04. The fraction of sp³-hybridized carbons (Fsp3) is 0.368. The molecular formula is C19H22N2O2. The first-order chi connectivity index (χ1) is 11.1. The van der Waals surface area contributed by atoms with Gasteiger partial charge in [-0.3, -0.25) is 4.90 Å². The summed E-state index contributed by atoms with van der Waals surface area (Å²) >= 11 is 0. The topological polar surface area (TPSA) is 48.5 Å². The van der Waals surface area contributed by atoms with E-state index in [1.807, 2.05) is 25.1 Å². The molecular weight excluding hydrogens is 288 g/mol. The molecule has 2 bridgehead atoms. The van der Waals surface area contributed by atoms with E-state index in [-0.39, 0.29) is 0 Å². The number of allylic oxidation sites excluding steroid dienone is 1. The Labute approximate surface area is 136 Å². The number of ether oxygens (including phenoxy) is 1. The number of hydrogen-bond donors (Lipinski definition) is 2. The van der Waals surface area contributed by atoms with Crippen LogP contribution in [0, 0.1) is 0 Å². The Morgan fingerprint density at radius 3 is 2.96 bits per heavy atom. The fourth-order valence-corrected chi connectivity index (χ4v) is 3.95. The molecule has 2 N–H and O–H groups in total. The lowest BCUT2D eigenvalue weighted by Crippen LogP contribution is -2.48. The number of methoxy groups -OCH3 is 1. The number of benzene rings is 1. The minimum Gasteiger partial charge on any atom is -0.497 e. The lowest BCUT2D eigenvalue weighted by molar-refractivity contribution is 0.0709. The molecule has 1 unspecified atom stereocenters. The lowest BCUT2D eigenvalue weighted by Gasteiger charge is -2.44. The summed E-state index contributed by atoms with van der Waals surface area (Å²) in [5, 5.41) is 12.4. The third kappa shape index (κ3) is 1.98. The SMILES string of the molecule is C=C1c2[nH]c3ccc(OC)cc3c2CN2CC[C@@]1(O)C(=CC)C2. The second kappa shape index (κ2) is 4.98. The van der Waals surface area contributed by atoms with E-state index in [2.05, 4.69) is 22.5 Å². The van der Waals surface area contributed by atoms with Crippen LogP contribution in [-0.2, 0) is 6.54 Å². The summed E-state index contributed by atoms with van der Waals surface area (Å²) in [6, 6.07) is 6.05. The van der Waals surface area contributed by atoms with Crippen LogP contribution < -0.4 is 4.74 Å². The van der Waals surface area contributed by atoms with Gasteiger partial charge in [-0.1, -0.05) is 12.7 Å². The van der Waals surface area contributed by atoms with Crippen LogP contribution >= 0.6 is 0 Å². The first-order valence-electron chi connectivity index (χ1n) is 8.05. The van der Waals surface area contributed by atoms with E-state index in [1.54, 1.807) is 7.11 Å². The molecule has 0 radical (unpaired) electrons. The van der Waals surface area contributed by atoms with Gasteiger partial charge in [-0.05, 0) is 42.7 Å². The highest BCUT2D eigenvalue weighted by molar-refractivity contribution is 5.92. The average Bonchev–Trinajstić information content (AvgIpc) is 2.91. The summed E-state index contributed by atoms with van der Waals surface area (Å²) in [4.78, 5) is 5.86. The molecule has 3 aliphatic rings. The molecule has 1 saturated heterocycles. The van der Waals surface area contributed by atoms with E-state index >= 15 is 0 Å². The van der Waals surface area contributed by atoms with Crippen LogP contribution in [0.1, 0.15) is 24.6 Å². The Bertz CT molecular complexity index is 833. The summed E-state index contributed by atoms with van der Waals surface area (Å²) < 4.78 is 5.37. The van der Waals surface area contributed by atoms with Crippen molar-refractivity contribution < 1.29 is 9.84 Å². The van der Waals surface area contributed by atoms with Gasteiger partial charge in [-0.15, -0.1) is 0 Å². The smallest absolute Gasteiger partial charge is 0.119 e. The van der Waals surface area contributed by atoms with Crippen LogP contribution in [0.2, 0.25) is 0 Å². The summed E-state index contributed by atoms with van der Waals surface area (Å²) in [5.41, 5.74) is 4.14. The molecule has 23 heavy (non-hydrogen) atoms. The van der Waals surface area contributed by atoms with Gasteiger partial charge in [0, 0.05) is 41.8 Å². The van der Waals surface area contributed by atoms with Gasteiger partial charge in [0.15, 0.2) is 0 Å². The van der Waals surface area contributed by atoms with Crippen LogP contribution in [0.4, 0.5) is 0 Å². The van der Waals surface area contributed by atoms with Gasteiger partial charge in [-0.25, -0.2) is 0 Å². The van der Waals surface area contributed by atoms with Gasteiger partial charge in [0.25, 0.3) is 0 Å². The molecule has 0 amide bonds. The zero-order chi connectivity index (χ0) is 16.2. The summed E-state index contributed by atoms with van der Waals surface area (Å²) in [5.74, 6) is 0.847. The molecule has 2 atom stereocenters. The van der Waals surface area contributed by atoms with Crippen LogP contribution in [0.5, 0.6) is 5.75 Å². The number of aromatic nitrogens is 1. The molecule has 0 saturated carbocycles. The maximum Gasteiger partial charge on any atom is 0.119 e. The first kappa shape index (κ1) is 14.5. The van der Waals surface area contributed by atoms with E-state index in [0.717, 1.165) is 53.1 Å². The van der Waals surface area contributed by atoms with E-state index < -0.39 is 5.60 Å². The van der Waals surface area contributed by atoms with Gasteiger partial charge < -0.3 is 14.8 Å². The Kier molecular flexibility index (Phi) is 3.15. The number of hydrogen-bond acceptors (Lipinski definition) is 3. The number of piperidine rings is 1. The zero-order valence-electron chi connectivity index (χ0n) is 13.6. The summed E-state index contributed by atoms with van der Waals surface area (Å²) in [7, 11) is 1.68. The van der Waals surface area contributed by atoms with E-state index in [0.29, 0.717) is 6.42 Å². The average molecular weight is 310 g/mol. The number of rotatable bonds is 1. The molecule has 4 nitrogen and oxygen atoms in total. The number of aliphatic hydroxyl groups is 1. The highest BCUT2D eigenvalue weighted by atomic mass is 16.5. The molecule has 5 rings (SSSR count). The van der Waals surface area contributed by atoms with Gasteiger partial charge >= 0.3 is 0 Å². The van der Waals surface area contributed by atoms with Crippen molar-refractivity contribution in [2.24, 2.45) is 0 Å². The normalized spacial score (nSPS) is 28.7. The van der Waals surface area contributed by atoms with Crippen molar-refractivity contribution in [3.8, 4) is 5.75 Å². The predicted octanol–water partition coefficient (Wildman–Crippen LogP) is 3.09. The van der Waals surface area contributed by atoms with Crippen molar-refractivity contribution >= 4 is 16.5 Å². The molecule has 120 valence electrons. The van der Waals surface area contributed by atoms with E-state index in [1.165, 1.54) is 5.56 Å². The highest BCUT2D eigenvalue weighted by Gasteiger charge is 2.42. The summed E-state index contributed by atoms with van der Waals surface area (Å²) in [6.45, 7) is 8.79. The standard InChI is InChI=1S/C19H22N2O2/c1-4-13-10-21-8-7-19(13,22)12(2)18-16(11-21)15-9-14(23-3)5-6-17(15)20-18/h4-6,9,20,22H,2,7-8,10-11H2,1,3H3/t19-/m0/s1.